The summed E-state index contributed by atoms with van der Waals surface area (Å²) in [5, 5.41) is 5.87. The predicted octanol–water partition coefficient (Wildman–Crippen LogP) is 2.51. The Morgan fingerprint density at radius 1 is 1.10 bits per heavy atom. The van der Waals surface area contributed by atoms with Crippen molar-refractivity contribution in [3.63, 3.8) is 0 Å². The van der Waals surface area contributed by atoms with E-state index < -0.39 is 23.0 Å². The molecule has 7 nitrogen and oxygen atoms in total. The summed E-state index contributed by atoms with van der Waals surface area (Å²) < 4.78 is 5.05. The molecule has 0 aliphatic rings. The van der Waals surface area contributed by atoms with Crippen LogP contribution in [-0.2, 0) is 19.1 Å². The smallest absolute Gasteiger partial charge is 0.333 e. The molecule has 29 heavy (non-hydrogen) atoms. The van der Waals surface area contributed by atoms with E-state index in [1.807, 2.05) is 34.6 Å². The molecule has 7 heteroatoms. The zero-order chi connectivity index (χ0) is 23.2. The van der Waals surface area contributed by atoms with E-state index in [1.54, 1.807) is 52.8 Å². The third kappa shape index (κ3) is 7.80. The summed E-state index contributed by atoms with van der Waals surface area (Å²) in [6.07, 6.45) is 1.76. The van der Waals surface area contributed by atoms with Crippen molar-refractivity contribution in [1.29, 1.82) is 0 Å². The molecule has 0 aromatic carbocycles. The first kappa shape index (κ1) is 27.1. The maximum atomic E-state index is 13.4. The summed E-state index contributed by atoms with van der Waals surface area (Å²) in [5.74, 6) is -0.779. The van der Waals surface area contributed by atoms with Crippen LogP contribution in [0.1, 0.15) is 62.3 Å². The van der Waals surface area contributed by atoms with Gasteiger partial charge >= 0.3 is 5.97 Å². The van der Waals surface area contributed by atoms with Crippen LogP contribution in [0.2, 0.25) is 0 Å². The molecule has 0 bridgehead atoms. The molecule has 0 aliphatic carbocycles. The lowest BCUT2D eigenvalue weighted by Gasteiger charge is -2.38. The summed E-state index contributed by atoms with van der Waals surface area (Å²) in [4.78, 5) is 39.7. The van der Waals surface area contributed by atoms with Crippen molar-refractivity contribution in [2.75, 3.05) is 20.7 Å². The largest absolute Gasteiger partial charge is 0.463 e. The number of ether oxygens (including phenoxy) is 1. The van der Waals surface area contributed by atoms with Gasteiger partial charge in [0.2, 0.25) is 11.8 Å². The van der Waals surface area contributed by atoms with Gasteiger partial charge in [0.15, 0.2) is 0 Å². The van der Waals surface area contributed by atoms with Gasteiger partial charge in [-0.1, -0.05) is 40.7 Å². The van der Waals surface area contributed by atoms with Gasteiger partial charge in [-0.25, -0.2) is 4.79 Å². The SMILES string of the molecule is CCOC(=O)/C(C)=C/C(C(C)C)N(C)C(=O)C(NC(=O)C(C)(C)NC)C(C)(C)C. The minimum atomic E-state index is -0.805. The lowest BCUT2D eigenvalue weighted by molar-refractivity contribution is -0.141. The fourth-order valence-electron chi connectivity index (χ4n) is 2.74. The third-order valence-corrected chi connectivity index (χ3v) is 5.08. The Bertz CT molecular complexity index is 618. The van der Waals surface area contributed by atoms with Gasteiger partial charge in [-0.3, -0.25) is 9.59 Å². The summed E-state index contributed by atoms with van der Waals surface area (Å²) in [5.41, 5.74) is -0.843. The van der Waals surface area contributed by atoms with Crippen molar-refractivity contribution in [2.45, 2.75) is 79.9 Å². The normalized spacial score (nSPS) is 15.0. The minimum absolute atomic E-state index is 0.0680. The number of amides is 2. The lowest BCUT2D eigenvalue weighted by Crippen LogP contribution is -2.61. The molecular formula is C22H41N3O4. The number of likely N-dealkylation sites (N-methyl/N-ethyl adjacent to an activating group) is 2. The fourth-order valence-corrected chi connectivity index (χ4v) is 2.74. The summed E-state index contributed by atoms with van der Waals surface area (Å²) in [6, 6.07) is -1.03. The highest BCUT2D eigenvalue weighted by molar-refractivity contribution is 5.92. The average Bonchev–Trinajstić information content (AvgIpc) is 2.61. The fraction of sp³-hybridized carbons (Fsp3) is 0.773. The minimum Gasteiger partial charge on any atom is -0.463 e. The first-order valence-electron chi connectivity index (χ1n) is 10.2. The van der Waals surface area contributed by atoms with Crippen LogP contribution in [0.15, 0.2) is 11.6 Å². The van der Waals surface area contributed by atoms with Gasteiger partial charge in [0.25, 0.3) is 0 Å². The molecule has 2 amide bonds. The Morgan fingerprint density at radius 3 is 2.00 bits per heavy atom. The van der Waals surface area contributed by atoms with Gasteiger partial charge in [0, 0.05) is 12.6 Å². The zero-order valence-electron chi connectivity index (χ0n) is 20.1. The summed E-state index contributed by atoms with van der Waals surface area (Å²) in [7, 11) is 3.41. The van der Waals surface area contributed by atoms with Gasteiger partial charge in [0.1, 0.15) is 6.04 Å². The molecule has 0 saturated heterocycles. The third-order valence-electron chi connectivity index (χ3n) is 5.08. The number of hydrogen-bond acceptors (Lipinski definition) is 5. The zero-order valence-corrected chi connectivity index (χ0v) is 20.1. The van der Waals surface area contributed by atoms with Gasteiger partial charge in [0.05, 0.1) is 18.2 Å². The molecule has 0 spiro atoms. The van der Waals surface area contributed by atoms with Crippen LogP contribution < -0.4 is 10.6 Å². The first-order chi connectivity index (χ1) is 13.1. The molecular weight excluding hydrogens is 370 g/mol. The van der Waals surface area contributed by atoms with Gasteiger partial charge in [-0.2, -0.15) is 0 Å². The molecule has 168 valence electrons. The van der Waals surface area contributed by atoms with E-state index in [0.29, 0.717) is 12.2 Å². The van der Waals surface area contributed by atoms with E-state index in [9.17, 15) is 14.4 Å². The molecule has 2 N–H and O–H groups in total. The molecule has 2 unspecified atom stereocenters. The molecule has 0 radical (unpaired) electrons. The maximum Gasteiger partial charge on any atom is 0.333 e. The molecule has 2 atom stereocenters. The lowest BCUT2D eigenvalue weighted by atomic mass is 9.84. The van der Waals surface area contributed by atoms with Crippen molar-refractivity contribution in [1.82, 2.24) is 15.5 Å². The van der Waals surface area contributed by atoms with E-state index in [0.717, 1.165) is 0 Å². The molecule has 0 aromatic rings. The Balaban J connectivity index is 5.83. The van der Waals surface area contributed by atoms with Gasteiger partial charge in [-0.15, -0.1) is 0 Å². The number of carbonyl (C=O) groups is 3. The summed E-state index contributed by atoms with van der Waals surface area (Å²) in [6.45, 7) is 17.0. The highest BCUT2D eigenvalue weighted by Crippen LogP contribution is 2.24. The van der Waals surface area contributed by atoms with Crippen LogP contribution >= 0.6 is 0 Å². The second-order valence-corrected chi connectivity index (χ2v) is 9.40. The molecule has 0 aliphatic heterocycles. The summed E-state index contributed by atoms with van der Waals surface area (Å²) >= 11 is 0. The molecule has 0 saturated carbocycles. The van der Waals surface area contributed by atoms with Crippen LogP contribution in [0.3, 0.4) is 0 Å². The standard InChI is InChI=1S/C22H41N3O4/c1-12-29-19(27)15(4)13-16(14(2)3)25(11)18(26)17(21(5,6)7)24-20(28)22(8,9)23-10/h13-14,16-17,23H,12H2,1-11H3,(H,24,28)/b15-13+. The van der Waals surface area contributed by atoms with Crippen molar-refractivity contribution in [2.24, 2.45) is 11.3 Å². The average molecular weight is 412 g/mol. The van der Waals surface area contributed by atoms with E-state index in [1.165, 1.54) is 0 Å². The van der Waals surface area contributed by atoms with Crippen molar-refractivity contribution in [3.8, 4) is 0 Å². The molecule has 0 fully saturated rings. The highest BCUT2D eigenvalue weighted by atomic mass is 16.5. The molecule has 0 aromatic heterocycles. The number of esters is 1. The van der Waals surface area contributed by atoms with Crippen LogP contribution in [0.5, 0.6) is 0 Å². The van der Waals surface area contributed by atoms with Crippen molar-refractivity contribution < 1.29 is 19.1 Å². The maximum absolute atomic E-state index is 13.4. The second-order valence-electron chi connectivity index (χ2n) is 9.40. The predicted molar refractivity (Wildman–Crippen MR) is 116 cm³/mol. The van der Waals surface area contributed by atoms with Crippen LogP contribution in [-0.4, -0.2) is 61.0 Å². The van der Waals surface area contributed by atoms with E-state index in [4.69, 9.17) is 4.74 Å². The van der Waals surface area contributed by atoms with Gasteiger partial charge < -0.3 is 20.3 Å². The Labute approximate surface area is 176 Å². The number of nitrogens with one attached hydrogen (secondary N) is 2. The Morgan fingerprint density at radius 2 is 1.62 bits per heavy atom. The first-order valence-corrected chi connectivity index (χ1v) is 10.2. The topological polar surface area (TPSA) is 87.7 Å². The van der Waals surface area contributed by atoms with Crippen LogP contribution in [0.4, 0.5) is 0 Å². The van der Waals surface area contributed by atoms with E-state index >= 15 is 0 Å². The molecule has 0 rings (SSSR count). The number of rotatable bonds is 9. The number of hydrogen-bond donors (Lipinski definition) is 2. The molecule has 0 heterocycles. The Hall–Kier alpha value is -1.89. The van der Waals surface area contributed by atoms with Crippen molar-refractivity contribution >= 4 is 17.8 Å². The highest BCUT2D eigenvalue weighted by Gasteiger charge is 2.39. The number of nitrogens with zero attached hydrogens (tertiary/aromatic N) is 1. The number of carbonyl (C=O) groups excluding carboxylic acids is 3. The van der Waals surface area contributed by atoms with Crippen LogP contribution in [0, 0.1) is 11.3 Å². The second kappa shape index (κ2) is 10.8. The quantitative estimate of drug-likeness (QED) is 0.450. The van der Waals surface area contributed by atoms with E-state index in [-0.39, 0.29) is 23.8 Å². The Kier molecular flexibility index (Phi) is 10.1. The van der Waals surface area contributed by atoms with Crippen LogP contribution in [0.25, 0.3) is 0 Å². The van der Waals surface area contributed by atoms with E-state index in [2.05, 4.69) is 10.6 Å². The van der Waals surface area contributed by atoms with Gasteiger partial charge in [-0.05, 0) is 46.1 Å². The monoisotopic (exact) mass is 411 g/mol. The van der Waals surface area contributed by atoms with Crippen molar-refractivity contribution in [3.05, 3.63) is 11.6 Å².